The highest BCUT2D eigenvalue weighted by Gasteiger charge is 2.28. The molecule has 0 aliphatic heterocycles. The standard InChI is InChI=1S/C14H26N4O/c1-17(2)8-9-18-13(14(19-3)10-16-18)7-6-12(15)11-4-5-11/h10-12H,4-9,15H2,1-3H3. The summed E-state index contributed by atoms with van der Waals surface area (Å²) in [6.45, 7) is 1.87. The van der Waals surface area contributed by atoms with E-state index in [4.69, 9.17) is 10.5 Å². The molecule has 5 heteroatoms. The van der Waals surface area contributed by atoms with Gasteiger partial charge in [0.25, 0.3) is 0 Å². The van der Waals surface area contributed by atoms with Gasteiger partial charge in [0.1, 0.15) is 0 Å². The van der Waals surface area contributed by atoms with Crippen molar-refractivity contribution in [1.29, 1.82) is 0 Å². The zero-order valence-corrected chi connectivity index (χ0v) is 12.3. The molecule has 1 aromatic heterocycles. The largest absolute Gasteiger partial charge is 0.493 e. The molecule has 1 heterocycles. The fraction of sp³-hybridized carbons (Fsp3) is 0.786. The second-order valence-corrected chi connectivity index (χ2v) is 5.73. The first-order chi connectivity index (χ1) is 9.11. The fourth-order valence-electron chi connectivity index (χ4n) is 2.37. The van der Waals surface area contributed by atoms with Gasteiger partial charge in [-0.2, -0.15) is 5.10 Å². The topological polar surface area (TPSA) is 56.3 Å². The molecule has 1 aliphatic rings. The van der Waals surface area contributed by atoms with Crippen LogP contribution in [0.25, 0.3) is 0 Å². The SMILES string of the molecule is COc1cnn(CCN(C)C)c1CCC(N)C1CC1. The molecule has 2 N–H and O–H groups in total. The Morgan fingerprint density at radius 1 is 1.53 bits per heavy atom. The van der Waals surface area contributed by atoms with Gasteiger partial charge in [-0.15, -0.1) is 0 Å². The van der Waals surface area contributed by atoms with E-state index in [1.165, 1.54) is 18.5 Å². The van der Waals surface area contributed by atoms with Crippen LogP contribution in [-0.2, 0) is 13.0 Å². The minimum atomic E-state index is 0.335. The van der Waals surface area contributed by atoms with Gasteiger partial charge in [0.2, 0.25) is 0 Å². The van der Waals surface area contributed by atoms with Crippen molar-refractivity contribution in [3.8, 4) is 5.75 Å². The molecule has 0 spiro atoms. The van der Waals surface area contributed by atoms with Crippen molar-refractivity contribution in [2.45, 2.75) is 38.3 Å². The molecule has 0 aromatic carbocycles. The number of ether oxygens (including phenoxy) is 1. The minimum Gasteiger partial charge on any atom is -0.493 e. The molecule has 2 rings (SSSR count). The van der Waals surface area contributed by atoms with Crippen LogP contribution in [0, 0.1) is 5.92 Å². The Labute approximate surface area is 115 Å². The number of likely N-dealkylation sites (N-methyl/N-ethyl adjacent to an activating group) is 1. The van der Waals surface area contributed by atoms with Gasteiger partial charge >= 0.3 is 0 Å². The Kier molecular flexibility index (Phi) is 4.82. The number of hydrogen-bond acceptors (Lipinski definition) is 4. The van der Waals surface area contributed by atoms with Gasteiger partial charge in [0.15, 0.2) is 5.75 Å². The molecule has 19 heavy (non-hydrogen) atoms. The molecule has 0 bridgehead atoms. The molecule has 0 radical (unpaired) electrons. The number of hydrogen-bond donors (Lipinski definition) is 1. The summed E-state index contributed by atoms with van der Waals surface area (Å²) in [6, 6.07) is 0.335. The number of aromatic nitrogens is 2. The summed E-state index contributed by atoms with van der Waals surface area (Å²) in [5, 5.41) is 4.42. The molecule has 0 saturated heterocycles. The fourth-order valence-corrected chi connectivity index (χ4v) is 2.37. The van der Waals surface area contributed by atoms with E-state index in [0.29, 0.717) is 6.04 Å². The van der Waals surface area contributed by atoms with Crippen molar-refractivity contribution in [1.82, 2.24) is 14.7 Å². The Balaban J connectivity index is 1.96. The lowest BCUT2D eigenvalue weighted by Crippen LogP contribution is -2.24. The van der Waals surface area contributed by atoms with Gasteiger partial charge < -0.3 is 15.4 Å². The second-order valence-electron chi connectivity index (χ2n) is 5.73. The van der Waals surface area contributed by atoms with Crippen molar-refractivity contribution in [3.05, 3.63) is 11.9 Å². The first kappa shape index (κ1) is 14.3. The number of rotatable bonds is 8. The molecular formula is C14H26N4O. The van der Waals surface area contributed by atoms with Gasteiger partial charge in [0.05, 0.1) is 25.5 Å². The number of methoxy groups -OCH3 is 1. The van der Waals surface area contributed by atoms with Gasteiger partial charge in [-0.1, -0.05) is 0 Å². The summed E-state index contributed by atoms with van der Waals surface area (Å²) < 4.78 is 7.46. The summed E-state index contributed by atoms with van der Waals surface area (Å²) in [7, 11) is 5.85. The minimum absolute atomic E-state index is 0.335. The molecule has 1 aromatic rings. The summed E-state index contributed by atoms with van der Waals surface area (Å²) >= 11 is 0. The molecule has 1 unspecified atom stereocenters. The molecule has 1 fully saturated rings. The Morgan fingerprint density at radius 3 is 2.84 bits per heavy atom. The molecule has 1 saturated carbocycles. The van der Waals surface area contributed by atoms with Crippen LogP contribution in [-0.4, -0.2) is 48.5 Å². The lowest BCUT2D eigenvalue weighted by molar-refractivity contribution is 0.363. The van der Waals surface area contributed by atoms with Gasteiger partial charge in [-0.3, -0.25) is 4.68 Å². The third-order valence-electron chi connectivity index (χ3n) is 3.83. The van der Waals surface area contributed by atoms with E-state index in [1.54, 1.807) is 7.11 Å². The maximum Gasteiger partial charge on any atom is 0.159 e. The third kappa shape index (κ3) is 3.94. The van der Waals surface area contributed by atoms with Crippen LogP contribution in [0.15, 0.2) is 6.20 Å². The summed E-state index contributed by atoms with van der Waals surface area (Å²) in [5.74, 6) is 1.64. The average Bonchev–Trinajstić information content (AvgIpc) is 3.15. The summed E-state index contributed by atoms with van der Waals surface area (Å²) in [4.78, 5) is 2.16. The van der Waals surface area contributed by atoms with E-state index < -0.39 is 0 Å². The van der Waals surface area contributed by atoms with E-state index in [1.807, 2.05) is 6.20 Å². The highest BCUT2D eigenvalue weighted by atomic mass is 16.5. The van der Waals surface area contributed by atoms with E-state index in [2.05, 4.69) is 28.8 Å². The van der Waals surface area contributed by atoms with Crippen LogP contribution in [0.4, 0.5) is 0 Å². The number of nitrogens with zero attached hydrogens (tertiary/aromatic N) is 3. The van der Waals surface area contributed by atoms with Gasteiger partial charge in [-0.25, -0.2) is 0 Å². The third-order valence-corrected chi connectivity index (χ3v) is 3.83. The quantitative estimate of drug-likeness (QED) is 0.766. The Morgan fingerprint density at radius 2 is 2.26 bits per heavy atom. The van der Waals surface area contributed by atoms with Gasteiger partial charge in [-0.05, 0) is 45.7 Å². The van der Waals surface area contributed by atoms with Crippen molar-refractivity contribution >= 4 is 0 Å². The Bertz CT molecular complexity index is 398. The highest BCUT2D eigenvalue weighted by molar-refractivity contribution is 5.25. The summed E-state index contributed by atoms with van der Waals surface area (Å²) in [6.07, 6.45) is 6.40. The van der Waals surface area contributed by atoms with Crippen LogP contribution in [0.5, 0.6) is 5.75 Å². The average molecular weight is 266 g/mol. The molecule has 1 atom stereocenters. The lowest BCUT2D eigenvalue weighted by atomic mass is 10.1. The predicted octanol–water partition coefficient (Wildman–Crippen LogP) is 1.12. The van der Waals surface area contributed by atoms with Gasteiger partial charge in [0, 0.05) is 12.6 Å². The van der Waals surface area contributed by atoms with Crippen LogP contribution in [0.2, 0.25) is 0 Å². The second kappa shape index (κ2) is 6.39. The first-order valence-electron chi connectivity index (χ1n) is 7.10. The van der Waals surface area contributed by atoms with E-state index in [-0.39, 0.29) is 0 Å². The first-order valence-corrected chi connectivity index (χ1v) is 7.10. The van der Waals surface area contributed by atoms with Crippen molar-refractivity contribution in [2.24, 2.45) is 11.7 Å². The zero-order chi connectivity index (χ0) is 13.8. The molecular weight excluding hydrogens is 240 g/mol. The van der Waals surface area contributed by atoms with Crippen LogP contribution < -0.4 is 10.5 Å². The maximum absolute atomic E-state index is 6.18. The molecule has 1 aliphatic carbocycles. The number of nitrogens with two attached hydrogens (primary N) is 1. The normalized spacial score (nSPS) is 16.9. The zero-order valence-electron chi connectivity index (χ0n) is 12.3. The predicted molar refractivity (Wildman–Crippen MR) is 76.4 cm³/mol. The molecule has 108 valence electrons. The summed E-state index contributed by atoms with van der Waals surface area (Å²) in [5.41, 5.74) is 7.36. The smallest absolute Gasteiger partial charge is 0.159 e. The van der Waals surface area contributed by atoms with Crippen molar-refractivity contribution < 1.29 is 4.74 Å². The Hall–Kier alpha value is -1.07. The maximum atomic E-state index is 6.18. The van der Waals surface area contributed by atoms with Crippen LogP contribution in [0.3, 0.4) is 0 Å². The monoisotopic (exact) mass is 266 g/mol. The lowest BCUT2D eigenvalue weighted by Gasteiger charge is -2.14. The van der Waals surface area contributed by atoms with Crippen molar-refractivity contribution in [2.75, 3.05) is 27.7 Å². The highest BCUT2D eigenvalue weighted by Crippen LogP contribution is 2.33. The van der Waals surface area contributed by atoms with Crippen LogP contribution in [0.1, 0.15) is 25.0 Å². The van der Waals surface area contributed by atoms with Crippen molar-refractivity contribution in [3.63, 3.8) is 0 Å². The van der Waals surface area contributed by atoms with E-state index in [0.717, 1.165) is 37.6 Å². The van der Waals surface area contributed by atoms with Crippen LogP contribution >= 0.6 is 0 Å². The molecule has 0 amide bonds. The van der Waals surface area contributed by atoms with E-state index in [9.17, 15) is 0 Å². The molecule has 5 nitrogen and oxygen atoms in total. The van der Waals surface area contributed by atoms with E-state index >= 15 is 0 Å².